The van der Waals surface area contributed by atoms with E-state index >= 15 is 0 Å². The third-order valence-electron chi connectivity index (χ3n) is 5.52. The molecule has 3 rings (SSSR count). The Balaban J connectivity index is 1.52. The van der Waals surface area contributed by atoms with E-state index in [9.17, 15) is 4.79 Å². The summed E-state index contributed by atoms with van der Waals surface area (Å²) in [7, 11) is 0. The maximum absolute atomic E-state index is 10.7. The quantitative estimate of drug-likeness (QED) is 0.723. The molecule has 4 nitrogen and oxygen atoms in total. The van der Waals surface area contributed by atoms with Crippen LogP contribution in [0.15, 0.2) is 35.9 Å². The van der Waals surface area contributed by atoms with Gasteiger partial charge in [-0.1, -0.05) is 55.8 Å². The van der Waals surface area contributed by atoms with Crippen LogP contribution in [-0.2, 0) is 0 Å². The molecule has 0 spiro atoms. The minimum Gasteiger partial charge on any atom is -0.465 e. The Bertz CT molecular complexity index is 604. The van der Waals surface area contributed by atoms with E-state index in [2.05, 4.69) is 60.9 Å². The number of rotatable bonds is 6. The van der Waals surface area contributed by atoms with Gasteiger partial charge in [-0.2, -0.15) is 0 Å². The van der Waals surface area contributed by atoms with Gasteiger partial charge in [0.15, 0.2) is 0 Å². The highest BCUT2D eigenvalue weighted by molar-refractivity contribution is 5.64. The molecule has 2 saturated carbocycles. The van der Waals surface area contributed by atoms with E-state index in [0.29, 0.717) is 23.9 Å². The zero-order valence-corrected chi connectivity index (χ0v) is 15.2. The van der Waals surface area contributed by atoms with Crippen molar-refractivity contribution in [2.24, 2.45) is 11.8 Å². The van der Waals surface area contributed by atoms with Gasteiger partial charge in [-0.3, -0.25) is 0 Å². The molecule has 1 amide bonds. The Morgan fingerprint density at radius 2 is 1.76 bits per heavy atom. The lowest BCUT2D eigenvalue weighted by molar-refractivity contribution is 0.183. The summed E-state index contributed by atoms with van der Waals surface area (Å²) in [6, 6.07) is 11.8. The first-order valence-electron chi connectivity index (χ1n) is 9.55. The number of carboxylic acid groups (broad SMARTS) is 1. The van der Waals surface area contributed by atoms with Gasteiger partial charge in [0, 0.05) is 18.1 Å². The van der Waals surface area contributed by atoms with Crippen molar-refractivity contribution in [3.05, 3.63) is 41.5 Å². The van der Waals surface area contributed by atoms with Crippen molar-refractivity contribution in [1.82, 2.24) is 10.6 Å². The Morgan fingerprint density at radius 1 is 1.12 bits per heavy atom. The minimum atomic E-state index is -0.897. The predicted octanol–water partition coefficient (Wildman–Crippen LogP) is 4.28. The topological polar surface area (TPSA) is 61.4 Å². The van der Waals surface area contributed by atoms with Crippen molar-refractivity contribution in [2.75, 3.05) is 0 Å². The highest BCUT2D eigenvalue weighted by atomic mass is 16.4. The predicted molar refractivity (Wildman–Crippen MR) is 101 cm³/mol. The van der Waals surface area contributed by atoms with Crippen molar-refractivity contribution >= 4 is 12.2 Å². The molecule has 0 unspecified atom stereocenters. The van der Waals surface area contributed by atoms with Gasteiger partial charge in [-0.05, 0) is 49.5 Å². The summed E-state index contributed by atoms with van der Waals surface area (Å²) in [6.45, 7) is 4.57. The van der Waals surface area contributed by atoms with Gasteiger partial charge in [-0.25, -0.2) is 4.79 Å². The lowest BCUT2D eigenvalue weighted by Crippen LogP contribution is -2.42. The second-order valence-electron chi connectivity index (χ2n) is 7.82. The maximum atomic E-state index is 10.7. The molecule has 0 radical (unpaired) electrons. The average Bonchev–Trinajstić information content (AvgIpc) is 3.33. The fourth-order valence-electron chi connectivity index (χ4n) is 4.07. The fourth-order valence-corrected chi connectivity index (χ4v) is 4.07. The second kappa shape index (κ2) is 8.05. The van der Waals surface area contributed by atoms with Crippen LogP contribution in [0.5, 0.6) is 0 Å². The normalized spacial score (nSPS) is 29.5. The lowest BCUT2D eigenvalue weighted by Gasteiger charge is -2.29. The van der Waals surface area contributed by atoms with Crippen molar-refractivity contribution in [2.45, 2.75) is 64.1 Å². The smallest absolute Gasteiger partial charge is 0.404 e. The molecule has 2 aliphatic carbocycles. The van der Waals surface area contributed by atoms with Crippen molar-refractivity contribution < 1.29 is 9.90 Å². The number of benzene rings is 1. The van der Waals surface area contributed by atoms with E-state index < -0.39 is 6.09 Å². The van der Waals surface area contributed by atoms with Gasteiger partial charge in [0.2, 0.25) is 0 Å². The molecular weight excluding hydrogens is 312 g/mol. The molecule has 1 aromatic carbocycles. The average molecular weight is 342 g/mol. The molecular formula is C21H30N2O2. The van der Waals surface area contributed by atoms with Crippen LogP contribution in [0.2, 0.25) is 0 Å². The van der Waals surface area contributed by atoms with Crippen LogP contribution in [0.4, 0.5) is 4.79 Å². The number of amides is 1. The van der Waals surface area contributed by atoms with Crippen LogP contribution in [0, 0.1) is 11.8 Å². The molecule has 2 fully saturated rings. The molecule has 136 valence electrons. The largest absolute Gasteiger partial charge is 0.465 e. The summed E-state index contributed by atoms with van der Waals surface area (Å²) in [4.78, 5) is 10.7. The number of hydrogen-bond donors (Lipinski definition) is 3. The third kappa shape index (κ3) is 5.08. The monoisotopic (exact) mass is 342 g/mol. The van der Waals surface area contributed by atoms with Gasteiger partial charge in [0.25, 0.3) is 0 Å². The van der Waals surface area contributed by atoms with E-state index in [-0.39, 0.29) is 6.04 Å². The molecule has 1 aromatic rings. The fraction of sp³-hybridized carbons (Fsp3) is 0.571. The van der Waals surface area contributed by atoms with Crippen LogP contribution in [-0.4, -0.2) is 29.3 Å². The standard InChI is InChI=1S/C21H30N2O2/c1-14(2)18(12-15-6-4-3-5-7-15)19-13-20(19)22-16-8-10-17(11-9-16)23-21(24)25/h3-7,12,14,16-17,19-20,22-23H,8-11,13H2,1-2H3,(H,24,25)/b18-12+/t16-,17-,19-,20+/m0/s1. The Labute approximate surface area is 150 Å². The molecule has 0 bridgehead atoms. The van der Waals surface area contributed by atoms with E-state index in [1.807, 2.05) is 0 Å². The Kier molecular flexibility index (Phi) is 5.79. The van der Waals surface area contributed by atoms with Crippen molar-refractivity contribution in [1.29, 1.82) is 0 Å². The zero-order chi connectivity index (χ0) is 17.8. The molecule has 4 heteroatoms. The molecule has 2 atom stereocenters. The summed E-state index contributed by atoms with van der Waals surface area (Å²) >= 11 is 0. The summed E-state index contributed by atoms with van der Waals surface area (Å²) in [5.41, 5.74) is 2.84. The number of hydrogen-bond acceptors (Lipinski definition) is 2. The van der Waals surface area contributed by atoms with Crippen molar-refractivity contribution in [3.8, 4) is 0 Å². The Hall–Kier alpha value is -1.81. The molecule has 3 N–H and O–H groups in total. The van der Waals surface area contributed by atoms with Gasteiger partial charge in [-0.15, -0.1) is 0 Å². The van der Waals surface area contributed by atoms with Gasteiger partial charge in [0.05, 0.1) is 0 Å². The molecule has 25 heavy (non-hydrogen) atoms. The molecule has 0 aliphatic heterocycles. The molecule has 0 aromatic heterocycles. The maximum Gasteiger partial charge on any atom is 0.404 e. The van der Waals surface area contributed by atoms with Gasteiger partial charge < -0.3 is 15.7 Å². The first-order valence-corrected chi connectivity index (χ1v) is 9.55. The van der Waals surface area contributed by atoms with Gasteiger partial charge >= 0.3 is 6.09 Å². The minimum absolute atomic E-state index is 0.134. The highest BCUT2D eigenvalue weighted by Gasteiger charge is 2.41. The van der Waals surface area contributed by atoms with Crippen LogP contribution in [0.25, 0.3) is 6.08 Å². The summed E-state index contributed by atoms with van der Waals surface area (Å²) in [6.07, 6.45) is 6.71. The van der Waals surface area contributed by atoms with Gasteiger partial charge in [0.1, 0.15) is 0 Å². The van der Waals surface area contributed by atoms with Crippen molar-refractivity contribution in [3.63, 3.8) is 0 Å². The first kappa shape index (κ1) is 18.0. The SMILES string of the molecule is CC(C)/C(=C\c1ccccc1)[C@@H]1C[C@H]1N[C@H]1CC[C@H](NC(=O)O)CC1. The number of carbonyl (C=O) groups is 1. The molecule has 0 saturated heterocycles. The molecule has 2 aliphatic rings. The molecule has 0 heterocycles. The van der Waals surface area contributed by atoms with E-state index in [4.69, 9.17) is 5.11 Å². The third-order valence-corrected chi connectivity index (χ3v) is 5.52. The van der Waals surface area contributed by atoms with Crippen LogP contribution >= 0.6 is 0 Å². The van der Waals surface area contributed by atoms with Crippen LogP contribution < -0.4 is 10.6 Å². The lowest BCUT2D eigenvalue weighted by atomic mass is 9.91. The zero-order valence-electron chi connectivity index (χ0n) is 15.2. The summed E-state index contributed by atoms with van der Waals surface area (Å²) in [5.74, 6) is 1.21. The van der Waals surface area contributed by atoms with Crippen LogP contribution in [0.1, 0.15) is 51.5 Å². The van der Waals surface area contributed by atoms with E-state index in [1.165, 1.54) is 12.0 Å². The summed E-state index contributed by atoms with van der Waals surface area (Å²) < 4.78 is 0. The van der Waals surface area contributed by atoms with E-state index in [1.54, 1.807) is 5.57 Å². The second-order valence-corrected chi connectivity index (χ2v) is 7.82. The summed E-state index contributed by atoms with van der Waals surface area (Å²) in [5, 5.41) is 15.3. The highest BCUT2D eigenvalue weighted by Crippen LogP contribution is 2.42. The number of nitrogens with one attached hydrogen (secondary N) is 2. The van der Waals surface area contributed by atoms with E-state index in [0.717, 1.165) is 25.7 Å². The first-order chi connectivity index (χ1) is 12.0. The Morgan fingerprint density at radius 3 is 2.36 bits per heavy atom. The van der Waals surface area contributed by atoms with Crippen LogP contribution in [0.3, 0.4) is 0 Å².